The number of aliphatic carboxylic acids is 1. The van der Waals surface area contributed by atoms with E-state index in [1.165, 1.54) is 19.3 Å². The number of rotatable bonds is 10. The minimum absolute atomic E-state index is 0.155. The van der Waals surface area contributed by atoms with Crippen molar-refractivity contribution in [3.05, 3.63) is 53.6 Å². The second-order valence-corrected chi connectivity index (χ2v) is 5.68. The third kappa shape index (κ3) is 12.9. The number of allylic oxidation sites excluding steroid dienone is 2. The van der Waals surface area contributed by atoms with E-state index in [-0.39, 0.29) is 5.92 Å². The van der Waals surface area contributed by atoms with Gasteiger partial charge in [-0.3, -0.25) is 0 Å². The molecule has 154 valence electrons. The lowest BCUT2D eigenvalue weighted by Crippen LogP contribution is -1.99. The van der Waals surface area contributed by atoms with Crippen LogP contribution in [0.1, 0.15) is 85.6 Å². The number of hydrogen-bond donors (Lipinski definition) is 1. The van der Waals surface area contributed by atoms with Gasteiger partial charge in [0.05, 0.1) is 12.2 Å². The molecule has 0 amide bonds. The fourth-order valence-electron chi connectivity index (χ4n) is 2.24. The van der Waals surface area contributed by atoms with E-state index in [0.717, 1.165) is 24.3 Å². The molecule has 0 saturated carbocycles. The van der Waals surface area contributed by atoms with Crippen LogP contribution in [-0.4, -0.2) is 17.7 Å². The molecule has 0 heterocycles. The molecule has 1 atom stereocenters. The van der Waals surface area contributed by atoms with Gasteiger partial charge in [0.25, 0.3) is 0 Å². The summed E-state index contributed by atoms with van der Waals surface area (Å²) >= 11 is 0. The quantitative estimate of drug-likeness (QED) is 0.263. The minimum atomic E-state index is -0.900. The highest BCUT2D eigenvalue weighted by molar-refractivity contribution is 5.89. The maximum absolute atomic E-state index is 11.0. The highest BCUT2D eigenvalue weighted by Gasteiger charge is 2.05. The third-order valence-electron chi connectivity index (χ3n) is 3.79. The van der Waals surface area contributed by atoms with E-state index in [9.17, 15) is 4.79 Å². The van der Waals surface area contributed by atoms with E-state index < -0.39 is 5.97 Å². The third-order valence-corrected chi connectivity index (χ3v) is 3.79. The highest BCUT2D eigenvalue weighted by Crippen LogP contribution is 2.21. The lowest BCUT2D eigenvalue weighted by molar-refractivity contribution is -0.132. The first-order valence-corrected chi connectivity index (χ1v) is 10.4. The molecule has 1 aromatic carbocycles. The maximum Gasteiger partial charge on any atom is 0.335 e. The van der Waals surface area contributed by atoms with E-state index in [2.05, 4.69) is 6.92 Å². The molecule has 0 aromatic heterocycles. The number of unbranched alkanes of at least 4 members (excludes halogenated alkanes) is 3. The van der Waals surface area contributed by atoms with Crippen molar-refractivity contribution in [2.75, 3.05) is 6.61 Å². The van der Waals surface area contributed by atoms with Crippen LogP contribution in [0.2, 0.25) is 0 Å². The van der Waals surface area contributed by atoms with Gasteiger partial charge in [-0.25, -0.2) is 4.79 Å². The van der Waals surface area contributed by atoms with Gasteiger partial charge in [-0.1, -0.05) is 91.2 Å². The van der Waals surface area contributed by atoms with Crippen molar-refractivity contribution in [2.24, 2.45) is 0 Å². The van der Waals surface area contributed by atoms with Crippen LogP contribution in [0, 0.1) is 0 Å². The Labute approximate surface area is 167 Å². The van der Waals surface area contributed by atoms with E-state index in [4.69, 9.17) is 9.84 Å². The average Bonchev–Trinajstić information content (AvgIpc) is 2.71. The fourth-order valence-corrected chi connectivity index (χ4v) is 2.24. The summed E-state index contributed by atoms with van der Waals surface area (Å²) in [6.07, 6.45) is 9.97. The monoisotopic (exact) mass is 376 g/mol. The van der Waals surface area contributed by atoms with Gasteiger partial charge >= 0.3 is 5.97 Å². The molecule has 1 unspecified atom stereocenters. The second-order valence-electron chi connectivity index (χ2n) is 5.68. The minimum Gasteiger partial charge on any atom is -0.494 e. The fraction of sp³-hybridized carbons (Fsp3) is 0.542. The Morgan fingerprint density at radius 3 is 2.15 bits per heavy atom. The van der Waals surface area contributed by atoms with Gasteiger partial charge in [-0.15, -0.1) is 0 Å². The van der Waals surface area contributed by atoms with E-state index in [0.29, 0.717) is 5.57 Å². The Morgan fingerprint density at radius 2 is 1.67 bits per heavy atom. The van der Waals surface area contributed by atoms with Crippen LogP contribution in [0.4, 0.5) is 0 Å². The molecule has 27 heavy (non-hydrogen) atoms. The lowest BCUT2D eigenvalue weighted by Gasteiger charge is -2.10. The largest absolute Gasteiger partial charge is 0.494 e. The van der Waals surface area contributed by atoms with Crippen LogP contribution in [0.3, 0.4) is 0 Å². The number of hydrogen-bond acceptors (Lipinski definition) is 2. The summed E-state index contributed by atoms with van der Waals surface area (Å²) in [5.41, 5.74) is 1.45. The molecular formula is C24H40O3. The second kappa shape index (κ2) is 18.8. The van der Waals surface area contributed by atoms with Crippen molar-refractivity contribution in [1.29, 1.82) is 0 Å². The summed E-state index contributed by atoms with van der Waals surface area (Å²) in [5.74, 6) is 0.145. The van der Waals surface area contributed by atoms with E-state index in [1.807, 2.05) is 65.0 Å². The number of ether oxygens (including phenoxy) is 1. The predicted molar refractivity (Wildman–Crippen MR) is 118 cm³/mol. The van der Waals surface area contributed by atoms with Gasteiger partial charge < -0.3 is 9.84 Å². The smallest absolute Gasteiger partial charge is 0.335 e. The first-order chi connectivity index (χ1) is 13.1. The Hall–Kier alpha value is -2.03. The van der Waals surface area contributed by atoms with Gasteiger partial charge in [0.1, 0.15) is 5.75 Å². The molecule has 3 heteroatoms. The van der Waals surface area contributed by atoms with Gasteiger partial charge in [-0.2, -0.15) is 0 Å². The predicted octanol–water partition coefficient (Wildman–Crippen LogP) is 7.39. The Morgan fingerprint density at radius 1 is 1.07 bits per heavy atom. The summed E-state index contributed by atoms with van der Waals surface area (Å²) in [6.45, 7) is 14.7. The Bertz CT molecular complexity index is 527. The average molecular weight is 377 g/mol. The topological polar surface area (TPSA) is 46.5 Å². The molecule has 0 fully saturated rings. The van der Waals surface area contributed by atoms with Crippen molar-refractivity contribution < 1.29 is 14.6 Å². The standard InChI is InChI=1S/C20H28O3.2C2H6/c1-4-6-7-8-15-23-19-13-11-18(12-14-19)16(3)9-10-17(5-2)20(21)22;2*1-2/h5,9-14,16H,4,6-8,15H2,1-3H3,(H,21,22);2*1-2H3/b10-9-,17-5+;;. The molecule has 0 aliphatic carbocycles. The summed E-state index contributed by atoms with van der Waals surface area (Å²) < 4.78 is 5.73. The van der Waals surface area contributed by atoms with E-state index in [1.54, 1.807) is 19.1 Å². The molecule has 0 radical (unpaired) electrons. The van der Waals surface area contributed by atoms with Gasteiger partial charge in [0.2, 0.25) is 0 Å². The summed E-state index contributed by atoms with van der Waals surface area (Å²) in [7, 11) is 0. The molecule has 3 nitrogen and oxygen atoms in total. The Kier molecular flexibility index (Phi) is 18.9. The lowest BCUT2D eigenvalue weighted by atomic mass is 9.99. The molecule has 0 aliphatic heterocycles. The number of benzene rings is 1. The molecule has 0 saturated heterocycles. The maximum atomic E-state index is 11.0. The van der Waals surface area contributed by atoms with Crippen molar-refractivity contribution in [3.8, 4) is 5.75 Å². The summed E-state index contributed by atoms with van der Waals surface area (Å²) in [4.78, 5) is 11.0. The molecule has 0 spiro atoms. The van der Waals surface area contributed by atoms with Crippen molar-refractivity contribution in [3.63, 3.8) is 0 Å². The molecule has 1 aromatic rings. The van der Waals surface area contributed by atoms with Gasteiger partial charge in [-0.05, 0) is 37.0 Å². The van der Waals surface area contributed by atoms with Crippen molar-refractivity contribution >= 4 is 5.97 Å². The van der Waals surface area contributed by atoms with Crippen LogP contribution in [0.25, 0.3) is 0 Å². The molecule has 0 bridgehead atoms. The normalized spacial score (nSPS) is 11.7. The Balaban J connectivity index is 0. The molecule has 1 rings (SSSR count). The van der Waals surface area contributed by atoms with Gasteiger partial charge in [0, 0.05) is 0 Å². The highest BCUT2D eigenvalue weighted by atomic mass is 16.5. The molecule has 0 aliphatic rings. The zero-order valence-corrected chi connectivity index (χ0v) is 18.4. The number of carbonyl (C=O) groups is 1. The zero-order chi connectivity index (χ0) is 21.1. The SMILES string of the molecule is C/C=C(\C=C/C(C)c1ccc(OCCCCCC)cc1)C(=O)O.CC.CC. The first-order valence-electron chi connectivity index (χ1n) is 10.4. The number of carboxylic acids is 1. The van der Waals surface area contributed by atoms with E-state index >= 15 is 0 Å². The van der Waals surface area contributed by atoms with Gasteiger partial charge in [0.15, 0.2) is 0 Å². The zero-order valence-electron chi connectivity index (χ0n) is 18.4. The summed E-state index contributed by atoms with van der Waals surface area (Å²) in [5, 5.41) is 8.99. The molecular weight excluding hydrogens is 336 g/mol. The van der Waals surface area contributed by atoms with Crippen LogP contribution in [0.5, 0.6) is 5.75 Å². The van der Waals surface area contributed by atoms with Crippen LogP contribution in [-0.2, 0) is 4.79 Å². The first kappa shape index (κ1) is 27.2. The number of carboxylic acid groups (broad SMARTS) is 1. The van der Waals surface area contributed by atoms with Crippen molar-refractivity contribution in [2.45, 2.75) is 80.1 Å². The van der Waals surface area contributed by atoms with Crippen LogP contribution < -0.4 is 4.74 Å². The molecule has 1 N–H and O–H groups in total. The van der Waals surface area contributed by atoms with Crippen molar-refractivity contribution in [1.82, 2.24) is 0 Å². The summed E-state index contributed by atoms with van der Waals surface area (Å²) in [6, 6.07) is 8.03. The van der Waals surface area contributed by atoms with Crippen LogP contribution in [0.15, 0.2) is 48.1 Å². The van der Waals surface area contributed by atoms with Crippen LogP contribution >= 0.6 is 0 Å².